The zero-order valence-corrected chi connectivity index (χ0v) is 7.28. The van der Waals surface area contributed by atoms with E-state index in [1.54, 1.807) is 6.08 Å². The fourth-order valence-corrected chi connectivity index (χ4v) is 1.19. The lowest BCUT2D eigenvalue weighted by atomic mass is 10.3. The highest BCUT2D eigenvalue weighted by Crippen LogP contribution is 2.13. The van der Waals surface area contributed by atoms with Crippen LogP contribution in [0.25, 0.3) is 0 Å². The van der Waals surface area contributed by atoms with Crippen LogP contribution in [-0.2, 0) is 14.4 Å². The number of hydrogen-bond acceptors (Lipinski definition) is 3. The molecule has 0 spiro atoms. The number of hydrogen-bond donors (Lipinski definition) is 0. The Morgan fingerprint density at radius 2 is 1.92 bits per heavy atom. The van der Waals surface area contributed by atoms with Gasteiger partial charge in [0.25, 0.3) is 0 Å². The predicted molar refractivity (Wildman–Crippen MR) is 45.5 cm³/mol. The number of carbonyl (C=O) groups excluding carboxylic acids is 3. The number of amides is 3. The Morgan fingerprint density at radius 1 is 1.38 bits per heavy atom. The topological polar surface area (TPSA) is 54.5 Å². The summed E-state index contributed by atoms with van der Waals surface area (Å²) in [5.41, 5.74) is 0. The fourth-order valence-electron chi connectivity index (χ4n) is 1.19. The van der Waals surface area contributed by atoms with Gasteiger partial charge in [-0.05, 0) is 6.42 Å². The Kier molecular flexibility index (Phi) is 2.95. The van der Waals surface area contributed by atoms with Gasteiger partial charge in [0.2, 0.25) is 17.7 Å². The maximum atomic E-state index is 11.3. The summed E-state index contributed by atoms with van der Waals surface area (Å²) in [5, 5.41) is 0. The monoisotopic (exact) mass is 181 g/mol. The lowest BCUT2D eigenvalue weighted by Gasteiger charge is -2.10. The first-order chi connectivity index (χ1) is 6.16. The molecule has 13 heavy (non-hydrogen) atoms. The van der Waals surface area contributed by atoms with Gasteiger partial charge in [0, 0.05) is 19.3 Å². The Bertz CT molecular complexity index is 254. The molecule has 1 aliphatic rings. The molecule has 1 saturated heterocycles. The molecule has 0 N–H and O–H groups in total. The van der Waals surface area contributed by atoms with Crippen LogP contribution in [0.1, 0.15) is 25.7 Å². The number of rotatable bonds is 3. The predicted octanol–water partition coefficient (Wildman–Crippen LogP) is 0.628. The van der Waals surface area contributed by atoms with Crippen molar-refractivity contribution < 1.29 is 14.4 Å². The van der Waals surface area contributed by atoms with E-state index in [1.807, 2.05) is 0 Å². The molecule has 0 radical (unpaired) electrons. The SMILES string of the molecule is C=CCCC(=O)N1C(=O)CCC1=O. The molecule has 4 heteroatoms. The summed E-state index contributed by atoms with van der Waals surface area (Å²) < 4.78 is 0. The molecule has 1 aliphatic heterocycles. The Hall–Kier alpha value is -1.45. The van der Waals surface area contributed by atoms with Crippen molar-refractivity contribution in [1.82, 2.24) is 4.90 Å². The van der Waals surface area contributed by atoms with Gasteiger partial charge in [0.05, 0.1) is 0 Å². The second-order valence-electron chi connectivity index (χ2n) is 2.84. The summed E-state index contributed by atoms with van der Waals surface area (Å²) in [6, 6.07) is 0. The molecule has 0 bridgehead atoms. The third-order valence-electron chi connectivity index (χ3n) is 1.86. The van der Waals surface area contributed by atoms with Gasteiger partial charge in [-0.15, -0.1) is 6.58 Å². The average molecular weight is 181 g/mol. The molecule has 4 nitrogen and oxygen atoms in total. The molecule has 0 saturated carbocycles. The fraction of sp³-hybridized carbons (Fsp3) is 0.444. The molecule has 0 aromatic heterocycles. The number of carbonyl (C=O) groups is 3. The van der Waals surface area contributed by atoms with E-state index >= 15 is 0 Å². The van der Waals surface area contributed by atoms with E-state index in [-0.39, 0.29) is 31.1 Å². The minimum Gasteiger partial charge on any atom is -0.274 e. The van der Waals surface area contributed by atoms with E-state index in [2.05, 4.69) is 6.58 Å². The zero-order chi connectivity index (χ0) is 9.84. The molecular formula is C9H11NO3. The number of likely N-dealkylation sites (tertiary alicyclic amines) is 1. The average Bonchev–Trinajstić information content (AvgIpc) is 2.42. The van der Waals surface area contributed by atoms with E-state index in [4.69, 9.17) is 0 Å². The zero-order valence-electron chi connectivity index (χ0n) is 7.28. The van der Waals surface area contributed by atoms with Crippen LogP contribution in [0.2, 0.25) is 0 Å². The largest absolute Gasteiger partial charge is 0.274 e. The summed E-state index contributed by atoms with van der Waals surface area (Å²) >= 11 is 0. The van der Waals surface area contributed by atoms with Crippen molar-refractivity contribution in [3.8, 4) is 0 Å². The van der Waals surface area contributed by atoms with E-state index in [1.165, 1.54) is 0 Å². The van der Waals surface area contributed by atoms with E-state index in [9.17, 15) is 14.4 Å². The summed E-state index contributed by atoms with van der Waals surface area (Å²) in [4.78, 5) is 34.1. The standard InChI is InChI=1S/C9H11NO3/c1-2-3-4-7(11)10-8(12)5-6-9(10)13/h2H,1,3-6H2. The van der Waals surface area contributed by atoms with Crippen molar-refractivity contribution in [2.75, 3.05) is 0 Å². The Morgan fingerprint density at radius 3 is 2.38 bits per heavy atom. The van der Waals surface area contributed by atoms with Gasteiger partial charge < -0.3 is 0 Å². The maximum absolute atomic E-state index is 11.3. The molecular weight excluding hydrogens is 170 g/mol. The minimum absolute atomic E-state index is 0.165. The molecule has 0 atom stereocenters. The second-order valence-corrected chi connectivity index (χ2v) is 2.84. The first-order valence-corrected chi connectivity index (χ1v) is 4.16. The molecule has 0 aromatic carbocycles. The molecule has 1 rings (SSSR count). The van der Waals surface area contributed by atoms with Gasteiger partial charge in [-0.2, -0.15) is 0 Å². The maximum Gasteiger partial charge on any atom is 0.236 e. The molecule has 1 heterocycles. The third-order valence-corrected chi connectivity index (χ3v) is 1.86. The van der Waals surface area contributed by atoms with E-state index < -0.39 is 5.91 Å². The van der Waals surface area contributed by atoms with Crippen LogP contribution >= 0.6 is 0 Å². The van der Waals surface area contributed by atoms with Crippen molar-refractivity contribution >= 4 is 17.7 Å². The van der Waals surface area contributed by atoms with Gasteiger partial charge in [-0.25, -0.2) is 4.90 Å². The normalized spacial score (nSPS) is 16.5. The molecule has 0 aliphatic carbocycles. The van der Waals surface area contributed by atoms with Gasteiger partial charge >= 0.3 is 0 Å². The van der Waals surface area contributed by atoms with Crippen LogP contribution < -0.4 is 0 Å². The van der Waals surface area contributed by atoms with Gasteiger partial charge in [0.15, 0.2) is 0 Å². The minimum atomic E-state index is -0.410. The van der Waals surface area contributed by atoms with Crippen molar-refractivity contribution in [3.63, 3.8) is 0 Å². The van der Waals surface area contributed by atoms with Crippen molar-refractivity contribution in [3.05, 3.63) is 12.7 Å². The highest BCUT2D eigenvalue weighted by molar-refractivity contribution is 6.14. The van der Waals surface area contributed by atoms with Gasteiger partial charge in [0.1, 0.15) is 0 Å². The number of nitrogens with zero attached hydrogens (tertiary/aromatic N) is 1. The van der Waals surface area contributed by atoms with Gasteiger partial charge in [-0.1, -0.05) is 6.08 Å². The number of imide groups is 3. The quantitative estimate of drug-likeness (QED) is 0.474. The first-order valence-electron chi connectivity index (χ1n) is 4.16. The first kappa shape index (κ1) is 9.64. The smallest absolute Gasteiger partial charge is 0.236 e. The summed E-state index contributed by atoms with van der Waals surface area (Å²) in [6.07, 6.45) is 2.59. The highest BCUT2D eigenvalue weighted by Gasteiger charge is 2.33. The molecule has 0 aromatic rings. The van der Waals surface area contributed by atoms with Crippen LogP contribution in [0.4, 0.5) is 0 Å². The molecule has 70 valence electrons. The lowest BCUT2D eigenvalue weighted by molar-refractivity contribution is -0.149. The summed E-state index contributed by atoms with van der Waals surface area (Å²) in [5.74, 6) is -1.16. The van der Waals surface area contributed by atoms with Crippen LogP contribution in [0.15, 0.2) is 12.7 Å². The molecule has 1 fully saturated rings. The van der Waals surface area contributed by atoms with Crippen molar-refractivity contribution in [2.24, 2.45) is 0 Å². The number of allylic oxidation sites excluding steroid dienone is 1. The highest BCUT2D eigenvalue weighted by atomic mass is 16.2. The van der Waals surface area contributed by atoms with Crippen LogP contribution in [-0.4, -0.2) is 22.6 Å². The second kappa shape index (κ2) is 3.98. The summed E-state index contributed by atoms with van der Waals surface area (Å²) in [7, 11) is 0. The van der Waals surface area contributed by atoms with Gasteiger partial charge in [-0.3, -0.25) is 14.4 Å². The Balaban J connectivity index is 2.59. The third kappa shape index (κ3) is 2.02. The van der Waals surface area contributed by atoms with Crippen molar-refractivity contribution in [2.45, 2.75) is 25.7 Å². The van der Waals surface area contributed by atoms with E-state index in [0.717, 1.165) is 4.90 Å². The van der Waals surface area contributed by atoms with Crippen LogP contribution in [0.3, 0.4) is 0 Å². The van der Waals surface area contributed by atoms with Crippen LogP contribution in [0, 0.1) is 0 Å². The lowest BCUT2D eigenvalue weighted by Crippen LogP contribution is -2.35. The molecule has 0 unspecified atom stereocenters. The van der Waals surface area contributed by atoms with Crippen molar-refractivity contribution in [1.29, 1.82) is 0 Å². The van der Waals surface area contributed by atoms with E-state index in [0.29, 0.717) is 6.42 Å². The summed E-state index contributed by atoms with van der Waals surface area (Å²) in [6.45, 7) is 3.46. The van der Waals surface area contributed by atoms with Crippen LogP contribution in [0.5, 0.6) is 0 Å². The Labute approximate surface area is 76.2 Å². The molecule has 3 amide bonds.